The maximum absolute atomic E-state index is 13.2. The number of piperazine rings is 1. The van der Waals surface area contributed by atoms with E-state index in [4.69, 9.17) is 9.26 Å². The molecule has 5 rings (SSSR count). The van der Waals surface area contributed by atoms with Crippen LogP contribution in [0, 0.1) is 11.8 Å². The highest BCUT2D eigenvalue weighted by molar-refractivity contribution is 5.77. The van der Waals surface area contributed by atoms with Gasteiger partial charge in [0.25, 0.3) is 0 Å². The molecule has 35 heavy (non-hydrogen) atoms. The minimum Gasteiger partial charge on any atom is -0.497 e. The lowest BCUT2D eigenvalue weighted by atomic mass is 9.81. The van der Waals surface area contributed by atoms with Crippen molar-refractivity contribution in [1.29, 1.82) is 0 Å². The van der Waals surface area contributed by atoms with Gasteiger partial charge in [0.15, 0.2) is 5.76 Å². The third-order valence-corrected chi connectivity index (χ3v) is 7.36. The number of benzene rings is 2. The van der Waals surface area contributed by atoms with Gasteiger partial charge in [-0.3, -0.25) is 4.79 Å². The number of para-hydroxylation sites is 1. The number of nitrogens with zero attached hydrogens (tertiary/aromatic N) is 3. The molecule has 7 heteroatoms. The van der Waals surface area contributed by atoms with Crippen molar-refractivity contribution in [3.05, 3.63) is 66.4 Å². The van der Waals surface area contributed by atoms with Crippen LogP contribution in [0.2, 0.25) is 0 Å². The molecule has 1 amide bonds. The van der Waals surface area contributed by atoms with Crippen molar-refractivity contribution >= 4 is 11.6 Å². The molecule has 184 valence electrons. The van der Waals surface area contributed by atoms with Gasteiger partial charge in [0.1, 0.15) is 5.75 Å². The van der Waals surface area contributed by atoms with Crippen LogP contribution in [-0.4, -0.2) is 62.3 Å². The number of carbonyl (C=O) groups excluding carboxylic acids is 1. The first kappa shape index (κ1) is 23.4. The summed E-state index contributed by atoms with van der Waals surface area (Å²) >= 11 is 0. The van der Waals surface area contributed by atoms with Crippen molar-refractivity contribution in [2.24, 2.45) is 11.8 Å². The zero-order valence-electron chi connectivity index (χ0n) is 20.4. The summed E-state index contributed by atoms with van der Waals surface area (Å²) < 4.78 is 10.9. The summed E-state index contributed by atoms with van der Waals surface area (Å²) in [5.74, 6) is 2.59. The van der Waals surface area contributed by atoms with E-state index in [1.165, 1.54) is 5.69 Å². The maximum atomic E-state index is 13.2. The summed E-state index contributed by atoms with van der Waals surface area (Å²) in [5.41, 5.74) is 3.16. The molecule has 0 saturated carbocycles. The molecule has 0 aliphatic carbocycles. The van der Waals surface area contributed by atoms with Crippen molar-refractivity contribution in [3.63, 3.8) is 0 Å². The lowest BCUT2D eigenvalue weighted by Gasteiger charge is -2.38. The Morgan fingerprint density at radius 2 is 1.83 bits per heavy atom. The van der Waals surface area contributed by atoms with Crippen molar-refractivity contribution in [1.82, 2.24) is 15.4 Å². The minimum absolute atomic E-state index is 0.286. The molecule has 0 radical (unpaired) electrons. The fraction of sp³-hybridized carbons (Fsp3) is 0.429. The molecule has 0 bridgehead atoms. The van der Waals surface area contributed by atoms with E-state index in [0.717, 1.165) is 74.9 Å². The molecule has 0 spiro atoms. The zero-order chi connectivity index (χ0) is 24.0. The van der Waals surface area contributed by atoms with E-state index >= 15 is 0 Å². The average Bonchev–Trinajstić information content (AvgIpc) is 3.39. The Kier molecular flexibility index (Phi) is 7.33. The smallest absolute Gasteiger partial charge is 0.222 e. The quantitative estimate of drug-likeness (QED) is 0.561. The third-order valence-electron chi connectivity index (χ3n) is 7.36. The fourth-order valence-corrected chi connectivity index (χ4v) is 5.26. The second kappa shape index (κ2) is 11.0. The molecule has 2 atom stereocenters. The standard InChI is InChI=1S/C28H34N4O3/c1-34-26-9-7-21(8-10-26)27-19-24(30-35-27)17-23-20-29-12-11-22(23)18-28(33)32-15-13-31(14-16-32)25-5-3-2-4-6-25/h2-10,19,22-23,29H,11-18,20H2,1H3/t22-,23-/m0/s1. The normalized spacial score (nSPS) is 20.6. The van der Waals surface area contributed by atoms with E-state index in [1.54, 1.807) is 7.11 Å². The molecule has 2 fully saturated rings. The van der Waals surface area contributed by atoms with Gasteiger partial charge in [0.2, 0.25) is 5.91 Å². The van der Waals surface area contributed by atoms with Crippen LogP contribution in [0.5, 0.6) is 5.75 Å². The van der Waals surface area contributed by atoms with E-state index < -0.39 is 0 Å². The van der Waals surface area contributed by atoms with E-state index in [9.17, 15) is 4.79 Å². The summed E-state index contributed by atoms with van der Waals surface area (Å²) in [6.45, 7) is 5.23. The number of nitrogens with one attached hydrogen (secondary N) is 1. The van der Waals surface area contributed by atoms with Crippen molar-refractivity contribution in [2.45, 2.75) is 19.3 Å². The Bertz CT molecular complexity index is 1090. The van der Waals surface area contributed by atoms with E-state index in [-0.39, 0.29) is 5.91 Å². The summed E-state index contributed by atoms with van der Waals surface area (Å²) in [6, 6.07) is 20.3. The predicted octanol–water partition coefficient (Wildman–Crippen LogP) is 3.86. The second-order valence-electron chi connectivity index (χ2n) is 9.54. The van der Waals surface area contributed by atoms with Crippen LogP contribution in [0.25, 0.3) is 11.3 Å². The topological polar surface area (TPSA) is 70.8 Å². The van der Waals surface area contributed by atoms with E-state index in [2.05, 4.69) is 44.5 Å². The molecule has 7 nitrogen and oxygen atoms in total. The number of piperidine rings is 1. The number of hydrogen-bond acceptors (Lipinski definition) is 6. The minimum atomic E-state index is 0.286. The van der Waals surface area contributed by atoms with Crippen LogP contribution >= 0.6 is 0 Å². The highest BCUT2D eigenvalue weighted by Gasteiger charge is 2.30. The van der Waals surface area contributed by atoms with Crippen LogP contribution in [-0.2, 0) is 11.2 Å². The van der Waals surface area contributed by atoms with Crippen LogP contribution < -0.4 is 15.0 Å². The van der Waals surface area contributed by atoms with Gasteiger partial charge < -0.3 is 24.4 Å². The Morgan fingerprint density at radius 3 is 2.57 bits per heavy atom. The number of carbonyl (C=O) groups is 1. The van der Waals surface area contributed by atoms with Gasteiger partial charge in [-0.05, 0) is 74.2 Å². The third kappa shape index (κ3) is 5.68. The SMILES string of the molecule is COc1ccc(-c2cc(C[C@H]3CNCC[C@H]3CC(=O)N3CCN(c4ccccc4)CC3)no2)cc1. The van der Waals surface area contributed by atoms with Crippen molar-refractivity contribution in [3.8, 4) is 17.1 Å². The molecule has 2 saturated heterocycles. The Balaban J connectivity index is 1.16. The number of rotatable bonds is 7. The number of aromatic nitrogens is 1. The van der Waals surface area contributed by atoms with Crippen molar-refractivity contribution < 1.29 is 14.1 Å². The number of methoxy groups -OCH3 is 1. The van der Waals surface area contributed by atoms with Crippen molar-refractivity contribution in [2.75, 3.05) is 51.3 Å². The molecule has 3 heterocycles. The lowest BCUT2D eigenvalue weighted by molar-refractivity contribution is -0.133. The first-order valence-corrected chi connectivity index (χ1v) is 12.6. The summed E-state index contributed by atoms with van der Waals surface area (Å²) in [5, 5.41) is 7.84. The van der Waals surface area contributed by atoms with Gasteiger partial charge in [-0.1, -0.05) is 23.4 Å². The van der Waals surface area contributed by atoms with Gasteiger partial charge in [0.05, 0.1) is 12.8 Å². The van der Waals surface area contributed by atoms with Crippen LogP contribution in [0.1, 0.15) is 18.5 Å². The maximum Gasteiger partial charge on any atom is 0.222 e. The summed E-state index contributed by atoms with van der Waals surface area (Å²) in [7, 11) is 1.66. The molecule has 2 aromatic carbocycles. The predicted molar refractivity (Wildman–Crippen MR) is 137 cm³/mol. The second-order valence-corrected chi connectivity index (χ2v) is 9.54. The van der Waals surface area contributed by atoms with Gasteiger partial charge in [-0.25, -0.2) is 0 Å². The number of anilines is 1. The van der Waals surface area contributed by atoms with Gasteiger partial charge >= 0.3 is 0 Å². The lowest BCUT2D eigenvalue weighted by Crippen LogP contribution is -2.50. The van der Waals surface area contributed by atoms with E-state index in [1.807, 2.05) is 36.4 Å². The molecule has 2 aliphatic heterocycles. The van der Waals surface area contributed by atoms with Crippen LogP contribution in [0.3, 0.4) is 0 Å². The average molecular weight is 475 g/mol. The molecule has 0 unspecified atom stereocenters. The highest BCUT2D eigenvalue weighted by atomic mass is 16.5. The van der Waals surface area contributed by atoms with Gasteiger partial charge in [-0.2, -0.15) is 0 Å². The largest absolute Gasteiger partial charge is 0.497 e. The van der Waals surface area contributed by atoms with Crippen LogP contribution in [0.4, 0.5) is 5.69 Å². The summed E-state index contributed by atoms with van der Waals surface area (Å²) in [6.07, 6.45) is 2.44. The van der Waals surface area contributed by atoms with Crippen LogP contribution in [0.15, 0.2) is 65.2 Å². The molecule has 3 aromatic rings. The molecule has 2 aliphatic rings. The first-order chi connectivity index (χ1) is 17.2. The highest BCUT2D eigenvalue weighted by Crippen LogP contribution is 2.29. The molecular formula is C28H34N4O3. The number of ether oxygens (including phenoxy) is 1. The molecular weight excluding hydrogens is 440 g/mol. The number of amides is 1. The van der Waals surface area contributed by atoms with Gasteiger partial charge in [-0.15, -0.1) is 0 Å². The first-order valence-electron chi connectivity index (χ1n) is 12.6. The molecule has 1 aromatic heterocycles. The zero-order valence-corrected chi connectivity index (χ0v) is 20.4. The fourth-order valence-electron chi connectivity index (χ4n) is 5.26. The Labute approximate surface area is 207 Å². The summed E-state index contributed by atoms with van der Waals surface area (Å²) in [4.78, 5) is 17.6. The van der Waals surface area contributed by atoms with E-state index in [0.29, 0.717) is 18.3 Å². The Morgan fingerprint density at radius 1 is 1.06 bits per heavy atom. The Hall–Kier alpha value is -3.32. The van der Waals surface area contributed by atoms with Gasteiger partial charge in [0, 0.05) is 49.9 Å². The molecule has 1 N–H and O–H groups in total. The number of hydrogen-bond donors (Lipinski definition) is 1. The monoisotopic (exact) mass is 474 g/mol.